The van der Waals surface area contributed by atoms with Crippen LogP contribution in [-0.4, -0.2) is 18.8 Å². The van der Waals surface area contributed by atoms with E-state index in [0.29, 0.717) is 12.0 Å². The highest BCUT2D eigenvalue weighted by atomic mass is 19.4. The summed E-state index contributed by atoms with van der Waals surface area (Å²) in [6.07, 6.45) is -0.0694. The molecule has 1 aromatic carbocycles. The Morgan fingerprint density at radius 2 is 2.00 bits per heavy atom. The molecule has 3 nitrogen and oxygen atoms in total. The number of rotatable bonds is 5. The maximum absolute atomic E-state index is 12.8. The minimum absolute atomic E-state index is 0.200. The molecule has 1 fully saturated rings. The lowest BCUT2D eigenvalue weighted by molar-refractivity contribution is -0.137. The van der Waals surface area contributed by atoms with E-state index >= 15 is 0 Å². The van der Waals surface area contributed by atoms with Crippen LogP contribution in [0.2, 0.25) is 0 Å². The van der Waals surface area contributed by atoms with E-state index in [1.807, 2.05) is 0 Å². The Morgan fingerprint density at radius 3 is 2.52 bits per heavy atom. The summed E-state index contributed by atoms with van der Waals surface area (Å²) in [4.78, 5) is 0. The molecule has 2 rings (SSSR count). The van der Waals surface area contributed by atoms with Crippen LogP contribution in [0.3, 0.4) is 0 Å². The molecule has 3 N–H and O–H groups in total. The first-order valence-electron chi connectivity index (χ1n) is 7.09. The Morgan fingerprint density at radius 1 is 1.33 bits per heavy atom. The number of methoxy groups -OCH3 is 1. The van der Waals surface area contributed by atoms with Gasteiger partial charge in [-0.15, -0.1) is 0 Å². The van der Waals surface area contributed by atoms with Gasteiger partial charge in [-0.3, -0.25) is 11.3 Å². The van der Waals surface area contributed by atoms with Crippen LogP contribution in [0.25, 0.3) is 0 Å². The molecule has 1 aliphatic carbocycles. The molecular formula is C15H21F3N2O. The number of nitrogens with two attached hydrogens (primary N) is 1. The van der Waals surface area contributed by atoms with Crippen LogP contribution in [0.4, 0.5) is 13.2 Å². The smallest absolute Gasteiger partial charge is 0.377 e. The third-order valence-electron chi connectivity index (χ3n) is 4.39. The summed E-state index contributed by atoms with van der Waals surface area (Å²) < 4.78 is 44.0. The number of ether oxygens (including phenoxy) is 1. The molecule has 1 atom stereocenters. The molecule has 0 spiro atoms. The number of hydrogen-bond donors (Lipinski definition) is 2. The summed E-state index contributed by atoms with van der Waals surface area (Å²) in [6, 6.07) is 5.18. The highest BCUT2D eigenvalue weighted by Crippen LogP contribution is 2.37. The second-order valence-corrected chi connectivity index (χ2v) is 5.60. The maximum atomic E-state index is 12.8. The molecule has 21 heavy (non-hydrogen) atoms. The van der Waals surface area contributed by atoms with Gasteiger partial charge in [0.15, 0.2) is 0 Å². The molecule has 0 amide bonds. The third-order valence-corrected chi connectivity index (χ3v) is 4.39. The third kappa shape index (κ3) is 3.56. The van der Waals surface area contributed by atoms with Gasteiger partial charge in [0, 0.05) is 7.11 Å². The first-order chi connectivity index (χ1) is 9.91. The first-order valence-corrected chi connectivity index (χ1v) is 7.09. The van der Waals surface area contributed by atoms with E-state index in [2.05, 4.69) is 5.43 Å². The average Bonchev–Trinajstić information content (AvgIpc) is 2.94. The zero-order chi connectivity index (χ0) is 15.5. The highest BCUT2D eigenvalue weighted by molar-refractivity contribution is 5.27. The molecule has 118 valence electrons. The van der Waals surface area contributed by atoms with Gasteiger partial charge < -0.3 is 4.74 Å². The van der Waals surface area contributed by atoms with Gasteiger partial charge in [-0.05, 0) is 30.9 Å². The van der Waals surface area contributed by atoms with Crippen LogP contribution in [0.15, 0.2) is 24.3 Å². The van der Waals surface area contributed by atoms with Crippen molar-refractivity contribution >= 4 is 0 Å². The lowest BCUT2D eigenvalue weighted by atomic mass is 9.87. The summed E-state index contributed by atoms with van der Waals surface area (Å²) in [7, 11) is 1.64. The topological polar surface area (TPSA) is 47.3 Å². The molecule has 1 saturated carbocycles. The summed E-state index contributed by atoms with van der Waals surface area (Å²) in [6.45, 7) is 0. The van der Waals surface area contributed by atoms with E-state index in [1.165, 1.54) is 12.1 Å². The van der Waals surface area contributed by atoms with E-state index in [9.17, 15) is 13.2 Å². The number of alkyl halides is 3. The summed E-state index contributed by atoms with van der Waals surface area (Å²) >= 11 is 0. The van der Waals surface area contributed by atoms with Gasteiger partial charge in [0.2, 0.25) is 0 Å². The molecule has 0 heterocycles. The molecule has 0 aliphatic heterocycles. The molecule has 0 bridgehead atoms. The number of halogens is 3. The second-order valence-electron chi connectivity index (χ2n) is 5.60. The second kappa shape index (κ2) is 6.34. The van der Waals surface area contributed by atoms with Crippen LogP contribution in [0, 0.1) is 0 Å². The van der Waals surface area contributed by atoms with E-state index < -0.39 is 11.7 Å². The van der Waals surface area contributed by atoms with Gasteiger partial charge in [-0.2, -0.15) is 13.2 Å². The van der Waals surface area contributed by atoms with Gasteiger partial charge in [-0.25, -0.2) is 0 Å². The minimum atomic E-state index is -4.33. The van der Waals surface area contributed by atoms with Crippen molar-refractivity contribution in [3.63, 3.8) is 0 Å². The SMILES string of the molecule is COC1(C(Cc2cccc(C(F)(F)F)c2)NN)CCCC1. The van der Waals surface area contributed by atoms with Crippen molar-refractivity contribution < 1.29 is 17.9 Å². The summed E-state index contributed by atoms with van der Waals surface area (Å²) in [5.41, 5.74) is 2.33. The van der Waals surface area contributed by atoms with Crippen molar-refractivity contribution in [2.75, 3.05) is 7.11 Å². The van der Waals surface area contributed by atoms with E-state index in [1.54, 1.807) is 13.2 Å². The minimum Gasteiger partial charge on any atom is -0.377 e. The van der Waals surface area contributed by atoms with Crippen LogP contribution in [-0.2, 0) is 17.3 Å². The molecule has 0 radical (unpaired) electrons. The Hall–Kier alpha value is -1.11. The Bertz CT molecular complexity index is 470. The van der Waals surface area contributed by atoms with Crippen molar-refractivity contribution in [1.82, 2.24) is 5.43 Å². The van der Waals surface area contributed by atoms with Gasteiger partial charge in [0.25, 0.3) is 0 Å². The normalized spacial score (nSPS) is 19.7. The molecule has 1 unspecified atom stereocenters. The highest BCUT2D eigenvalue weighted by Gasteiger charge is 2.41. The number of hydrazine groups is 1. The monoisotopic (exact) mass is 302 g/mol. The fourth-order valence-electron chi connectivity index (χ4n) is 3.18. The molecular weight excluding hydrogens is 281 g/mol. The zero-order valence-electron chi connectivity index (χ0n) is 12.0. The van der Waals surface area contributed by atoms with Crippen molar-refractivity contribution in [2.45, 2.75) is 49.9 Å². The van der Waals surface area contributed by atoms with Crippen molar-refractivity contribution in [2.24, 2.45) is 5.84 Å². The van der Waals surface area contributed by atoms with Crippen LogP contribution in [0.1, 0.15) is 36.8 Å². The van der Waals surface area contributed by atoms with Crippen molar-refractivity contribution in [3.8, 4) is 0 Å². The van der Waals surface area contributed by atoms with Crippen LogP contribution in [0.5, 0.6) is 0 Å². The fourth-order valence-corrected chi connectivity index (χ4v) is 3.18. The van der Waals surface area contributed by atoms with Crippen LogP contribution >= 0.6 is 0 Å². The molecule has 1 aromatic rings. The molecule has 6 heteroatoms. The van der Waals surface area contributed by atoms with Gasteiger partial charge >= 0.3 is 6.18 Å². The van der Waals surface area contributed by atoms with Gasteiger partial charge in [-0.1, -0.05) is 31.0 Å². The van der Waals surface area contributed by atoms with E-state index in [4.69, 9.17) is 10.6 Å². The van der Waals surface area contributed by atoms with E-state index in [-0.39, 0.29) is 11.6 Å². The van der Waals surface area contributed by atoms with E-state index in [0.717, 1.165) is 31.7 Å². The lowest BCUT2D eigenvalue weighted by Gasteiger charge is -2.36. The molecule has 1 aliphatic rings. The maximum Gasteiger partial charge on any atom is 0.416 e. The number of benzene rings is 1. The predicted octanol–water partition coefficient (Wildman–Crippen LogP) is 3.04. The fraction of sp³-hybridized carbons (Fsp3) is 0.600. The quantitative estimate of drug-likeness (QED) is 0.649. The molecule has 0 aromatic heterocycles. The molecule has 0 saturated heterocycles. The van der Waals surface area contributed by atoms with Crippen LogP contribution < -0.4 is 11.3 Å². The Balaban J connectivity index is 2.19. The standard InChI is InChI=1S/C15H21F3N2O/c1-21-14(7-2-3-8-14)13(20-19)10-11-5-4-6-12(9-11)15(16,17)18/h4-6,9,13,20H,2-3,7-8,10,19H2,1H3. The predicted molar refractivity (Wildman–Crippen MR) is 74.5 cm³/mol. The summed E-state index contributed by atoms with van der Waals surface area (Å²) in [5.74, 6) is 5.63. The Labute approximate surface area is 122 Å². The Kier molecular flexibility index (Phi) is 4.91. The van der Waals surface area contributed by atoms with Crippen molar-refractivity contribution in [1.29, 1.82) is 0 Å². The largest absolute Gasteiger partial charge is 0.416 e. The zero-order valence-corrected chi connectivity index (χ0v) is 12.0. The number of nitrogens with one attached hydrogen (secondary N) is 1. The first kappa shape index (κ1) is 16.3. The lowest BCUT2D eigenvalue weighted by Crippen LogP contribution is -2.54. The summed E-state index contributed by atoms with van der Waals surface area (Å²) in [5, 5.41) is 0. The van der Waals surface area contributed by atoms with Crippen molar-refractivity contribution in [3.05, 3.63) is 35.4 Å². The number of hydrogen-bond acceptors (Lipinski definition) is 3. The average molecular weight is 302 g/mol. The van der Waals surface area contributed by atoms with Gasteiger partial charge in [0.05, 0.1) is 17.2 Å². The van der Waals surface area contributed by atoms with Gasteiger partial charge in [0.1, 0.15) is 0 Å².